The monoisotopic (exact) mass is 153 g/mol. The number of hydrogen-bond donors (Lipinski definition) is 1. The zero-order valence-corrected chi connectivity index (χ0v) is 3.87. The van der Waals surface area contributed by atoms with E-state index in [0.29, 0.717) is 0 Å². The van der Waals surface area contributed by atoms with Crippen LogP contribution in [0.1, 0.15) is 10.7 Å². The van der Waals surface area contributed by atoms with Gasteiger partial charge in [0.05, 0.1) is 6.20 Å². The zero-order valence-electron chi connectivity index (χ0n) is 3.87. The van der Waals surface area contributed by atoms with Crippen LogP contribution in [0.3, 0.4) is 0 Å². The molecule has 0 saturated carbocycles. The van der Waals surface area contributed by atoms with Crippen molar-refractivity contribution in [2.24, 2.45) is 0 Å². The molecule has 0 fully saturated rings. The Kier molecular flexibility index (Phi) is 4.33. The van der Waals surface area contributed by atoms with Crippen molar-refractivity contribution in [1.82, 2.24) is 4.98 Å². The molecule has 0 amide bonds. The third-order valence-electron chi connectivity index (χ3n) is 0.615. The molecule has 0 aliphatic carbocycles. The van der Waals surface area contributed by atoms with E-state index in [-0.39, 0.29) is 57.3 Å². The third-order valence-corrected chi connectivity index (χ3v) is 0.615. The summed E-state index contributed by atoms with van der Waals surface area (Å²) in [7, 11) is 0. The molecule has 0 radical (unpaired) electrons. The first-order chi connectivity index (χ1) is 3.80. The molecule has 1 aromatic rings. The van der Waals surface area contributed by atoms with E-state index in [0.717, 1.165) is 0 Å². The molecule has 9 heavy (non-hydrogen) atoms. The van der Waals surface area contributed by atoms with E-state index >= 15 is 0 Å². The Labute approximate surface area is 93.7 Å². The summed E-state index contributed by atoms with van der Waals surface area (Å²) in [6.45, 7) is 0. The normalized spacial score (nSPS) is 8.00. The van der Waals surface area contributed by atoms with Crippen LogP contribution in [0.5, 0.6) is 0 Å². The van der Waals surface area contributed by atoms with Crippen molar-refractivity contribution in [2.45, 2.75) is 0 Å². The summed E-state index contributed by atoms with van der Waals surface area (Å²) in [5.74, 6) is -1.42. The molecular weight excluding hydrogens is 149 g/mol. The molecule has 1 N–H and O–H groups in total. The number of hydrogen-bond acceptors (Lipinski definition) is 3. The predicted molar refractivity (Wildman–Crippen MR) is 30.6 cm³/mol. The fourth-order valence-electron chi connectivity index (χ4n) is 0.329. The molecule has 0 bridgehead atoms. The van der Waals surface area contributed by atoms with Gasteiger partial charge in [-0.25, -0.2) is 9.78 Å². The summed E-state index contributed by atoms with van der Waals surface area (Å²) >= 11 is 0. The van der Waals surface area contributed by atoms with Crippen LogP contribution in [-0.2, 0) is 0 Å². The van der Waals surface area contributed by atoms with Gasteiger partial charge in [-0.15, -0.1) is 0 Å². The van der Waals surface area contributed by atoms with Gasteiger partial charge in [0.25, 0.3) is 0 Å². The van der Waals surface area contributed by atoms with Crippen molar-refractivity contribution >= 4 is 57.4 Å². The maximum atomic E-state index is 9.91. The SMILES string of the molecule is O=C(O)c1ncco1.[KH]. The summed E-state index contributed by atoms with van der Waals surface area (Å²) in [5, 5.41) is 8.12. The van der Waals surface area contributed by atoms with Crippen LogP contribution in [0.25, 0.3) is 0 Å². The van der Waals surface area contributed by atoms with Crippen LogP contribution >= 0.6 is 0 Å². The fourth-order valence-corrected chi connectivity index (χ4v) is 0.329. The van der Waals surface area contributed by atoms with E-state index in [1.807, 2.05) is 0 Å². The Hall–Kier alpha value is 0.316. The van der Waals surface area contributed by atoms with Crippen LogP contribution in [0.4, 0.5) is 0 Å². The van der Waals surface area contributed by atoms with E-state index in [2.05, 4.69) is 9.40 Å². The van der Waals surface area contributed by atoms with Gasteiger partial charge in [0.1, 0.15) is 6.26 Å². The molecule has 1 rings (SSSR count). The quantitative estimate of drug-likeness (QED) is 0.564. The van der Waals surface area contributed by atoms with Gasteiger partial charge in [-0.05, 0) is 0 Å². The van der Waals surface area contributed by atoms with Gasteiger partial charge in [0.15, 0.2) is 0 Å². The minimum atomic E-state index is -1.14. The third kappa shape index (κ3) is 2.59. The molecule has 0 spiro atoms. The topological polar surface area (TPSA) is 63.3 Å². The van der Waals surface area contributed by atoms with E-state index in [4.69, 9.17) is 5.11 Å². The second-order valence-corrected chi connectivity index (χ2v) is 1.14. The molecule has 0 aromatic carbocycles. The van der Waals surface area contributed by atoms with E-state index < -0.39 is 5.97 Å². The second kappa shape index (κ2) is 4.18. The van der Waals surface area contributed by atoms with Gasteiger partial charge in [-0.3, -0.25) is 0 Å². The first-order valence-electron chi connectivity index (χ1n) is 1.93. The van der Waals surface area contributed by atoms with Crippen LogP contribution in [0.15, 0.2) is 16.9 Å². The molecule has 0 aliphatic heterocycles. The molecule has 0 aliphatic rings. The molecule has 5 heteroatoms. The summed E-state index contributed by atoms with van der Waals surface area (Å²) in [4.78, 5) is 13.3. The summed E-state index contributed by atoms with van der Waals surface area (Å²) in [6, 6.07) is 0. The van der Waals surface area contributed by atoms with Crippen molar-refractivity contribution in [1.29, 1.82) is 0 Å². The molecule has 1 aromatic heterocycles. The summed E-state index contributed by atoms with van der Waals surface area (Å²) < 4.78 is 4.38. The van der Waals surface area contributed by atoms with E-state index in [1.54, 1.807) is 0 Å². The Morgan fingerprint density at radius 3 is 2.67 bits per heavy atom. The number of aromatic carboxylic acids is 1. The molecule has 0 saturated heterocycles. The number of aromatic nitrogens is 1. The predicted octanol–water partition coefficient (Wildman–Crippen LogP) is -0.276. The van der Waals surface area contributed by atoms with Gasteiger partial charge in [0, 0.05) is 0 Å². The first-order valence-corrected chi connectivity index (χ1v) is 1.93. The summed E-state index contributed by atoms with van der Waals surface area (Å²) in [6.07, 6.45) is 2.49. The van der Waals surface area contributed by atoms with Crippen molar-refractivity contribution in [3.8, 4) is 0 Å². The first kappa shape index (κ1) is 9.32. The van der Waals surface area contributed by atoms with Crippen molar-refractivity contribution in [3.63, 3.8) is 0 Å². The second-order valence-electron chi connectivity index (χ2n) is 1.14. The molecule has 44 valence electrons. The molecule has 1 heterocycles. The zero-order chi connectivity index (χ0) is 5.98. The van der Waals surface area contributed by atoms with Crippen molar-refractivity contribution < 1.29 is 14.3 Å². The maximum absolute atomic E-state index is 9.91. The van der Waals surface area contributed by atoms with Gasteiger partial charge in [-0.1, -0.05) is 0 Å². The van der Waals surface area contributed by atoms with Crippen molar-refractivity contribution in [2.75, 3.05) is 0 Å². The van der Waals surface area contributed by atoms with Gasteiger partial charge < -0.3 is 9.52 Å². The molecule has 0 atom stereocenters. The number of carboxylic acid groups (broad SMARTS) is 1. The minimum absolute atomic E-state index is 0. The number of oxazole rings is 1. The van der Waals surface area contributed by atoms with E-state index in [9.17, 15) is 4.79 Å². The van der Waals surface area contributed by atoms with Crippen LogP contribution < -0.4 is 0 Å². The van der Waals surface area contributed by atoms with Crippen LogP contribution in [0, 0.1) is 0 Å². The average Bonchev–Trinajstić information content (AvgIpc) is 2.12. The average molecular weight is 153 g/mol. The van der Waals surface area contributed by atoms with Gasteiger partial charge >= 0.3 is 63.2 Å². The molecule has 0 unspecified atom stereocenters. The molecule has 4 nitrogen and oxygen atoms in total. The standard InChI is InChI=1S/C4H3NO3.K.H/c6-4(7)3-5-1-2-8-3;;/h1-2H,(H,6,7);;. The number of rotatable bonds is 1. The Bertz CT molecular complexity index is 184. The Morgan fingerprint density at radius 2 is 2.44 bits per heavy atom. The molecular formula is C4H4KNO3. The Balaban J connectivity index is 0.000000640. The summed E-state index contributed by atoms with van der Waals surface area (Å²) in [5.41, 5.74) is 0. The number of carboxylic acids is 1. The van der Waals surface area contributed by atoms with Crippen LogP contribution in [-0.4, -0.2) is 67.4 Å². The number of nitrogens with zero attached hydrogens (tertiary/aromatic N) is 1. The van der Waals surface area contributed by atoms with Gasteiger partial charge in [-0.2, -0.15) is 0 Å². The van der Waals surface area contributed by atoms with Gasteiger partial charge in [0.2, 0.25) is 0 Å². The van der Waals surface area contributed by atoms with E-state index in [1.165, 1.54) is 12.5 Å². The number of carbonyl (C=O) groups is 1. The fraction of sp³-hybridized carbons (Fsp3) is 0. The Morgan fingerprint density at radius 1 is 1.78 bits per heavy atom. The van der Waals surface area contributed by atoms with Crippen molar-refractivity contribution in [3.05, 3.63) is 18.4 Å². The van der Waals surface area contributed by atoms with Crippen LogP contribution in [0.2, 0.25) is 0 Å².